The van der Waals surface area contributed by atoms with Crippen molar-refractivity contribution in [3.05, 3.63) is 23.8 Å². The van der Waals surface area contributed by atoms with E-state index in [0.717, 1.165) is 18.6 Å². The van der Waals surface area contributed by atoms with E-state index in [1.807, 2.05) is 18.2 Å². The number of amidine groups is 1. The molecule has 3 N–H and O–H groups in total. The monoisotopic (exact) mass is 166 g/mol. The molecule has 0 radical (unpaired) electrons. The molecule has 0 saturated heterocycles. The Morgan fingerprint density at radius 2 is 2.58 bits per heavy atom. The highest BCUT2D eigenvalue weighted by atomic mass is 16.5. The van der Waals surface area contributed by atoms with E-state index in [1.165, 1.54) is 0 Å². The maximum atomic E-state index is 7.18. The largest absolute Gasteiger partial charge is 0.384 e. The first-order valence-electron chi connectivity index (χ1n) is 3.95. The van der Waals surface area contributed by atoms with Gasteiger partial charge in [-0.1, -0.05) is 18.2 Å². The van der Waals surface area contributed by atoms with E-state index in [0.29, 0.717) is 5.92 Å². The molecule has 0 bridgehead atoms. The van der Waals surface area contributed by atoms with Crippen molar-refractivity contribution in [1.29, 1.82) is 5.41 Å². The number of ether oxygens (including phenoxy) is 1. The first-order chi connectivity index (χ1) is 5.74. The molecule has 0 saturated carbocycles. The normalized spacial score (nSPS) is 22.1. The van der Waals surface area contributed by atoms with Gasteiger partial charge in [-0.3, -0.25) is 5.41 Å². The summed E-state index contributed by atoms with van der Waals surface area (Å²) in [5.41, 5.74) is 6.14. The summed E-state index contributed by atoms with van der Waals surface area (Å²) >= 11 is 0. The van der Waals surface area contributed by atoms with Crippen LogP contribution in [0.4, 0.5) is 0 Å². The molecule has 0 aromatic heterocycles. The Kier molecular flexibility index (Phi) is 3.05. The molecule has 0 aromatic carbocycles. The molecule has 12 heavy (non-hydrogen) atoms. The van der Waals surface area contributed by atoms with Crippen LogP contribution in [0.15, 0.2) is 23.8 Å². The summed E-state index contributed by atoms with van der Waals surface area (Å²) in [6.45, 7) is 0.734. The highest BCUT2D eigenvalue weighted by Gasteiger charge is 2.08. The number of nitrogens with one attached hydrogen (secondary N) is 1. The molecular formula is C9H14N2O. The summed E-state index contributed by atoms with van der Waals surface area (Å²) in [4.78, 5) is 0. The van der Waals surface area contributed by atoms with Gasteiger partial charge in [0.25, 0.3) is 0 Å². The van der Waals surface area contributed by atoms with E-state index in [-0.39, 0.29) is 5.84 Å². The second-order valence-corrected chi connectivity index (χ2v) is 2.88. The Morgan fingerprint density at radius 1 is 1.83 bits per heavy atom. The highest BCUT2D eigenvalue weighted by Crippen LogP contribution is 2.15. The molecule has 0 heterocycles. The molecule has 3 nitrogen and oxygen atoms in total. The van der Waals surface area contributed by atoms with Gasteiger partial charge in [-0.2, -0.15) is 0 Å². The second-order valence-electron chi connectivity index (χ2n) is 2.88. The zero-order valence-electron chi connectivity index (χ0n) is 7.21. The van der Waals surface area contributed by atoms with Gasteiger partial charge in [0.2, 0.25) is 0 Å². The first-order valence-corrected chi connectivity index (χ1v) is 3.95. The number of hydrogen-bond donors (Lipinski definition) is 2. The number of nitrogens with two attached hydrogens (primary N) is 1. The van der Waals surface area contributed by atoms with Crippen molar-refractivity contribution in [3.8, 4) is 0 Å². The third kappa shape index (κ3) is 2.20. The van der Waals surface area contributed by atoms with Gasteiger partial charge in [-0.05, 0) is 6.42 Å². The third-order valence-electron chi connectivity index (χ3n) is 1.88. The van der Waals surface area contributed by atoms with Crippen LogP contribution in [-0.4, -0.2) is 19.6 Å². The summed E-state index contributed by atoms with van der Waals surface area (Å²) in [7, 11) is 1.69. The molecule has 1 unspecified atom stereocenters. The van der Waals surface area contributed by atoms with Crippen LogP contribution in [0.2, 0.25) is 0 Å². The fourth-order valence-electron chi connectivity index (χ4n) is 1.20. The maximum Gasteiger partial charge on any atom is 0.122 e. The summed E-state index contributed by atoms with van der Waals surface area (Å²) in [6, 6.07) is 0. The number of allylic oxidation sites excluding steroid dienone is 1. The Labute approximate surface area is 72.4 Å². The van der Waals surface area contributed by atoms with Gasteiger partial charge in [-0.15, -0.1) is 0 Å². The predicted octanol–water partition coefficient (Wildman–Crippen LogP) is 1.07. The van der Waals surface area contributed by atoms with Crippen LogP contribution in [0, 0.1) is 11.3 Å². The molecule has 3 heteroatoms. The number of hydrogen-bond acceptors (Lipinski definition) is 2. The van der Waals surface area contributed by atoms with Crippen molar-refractivity contribution in [3.63, 3.8) is 0 Å². The molecule has 0 aliphatic heterocycles. The standard InChI is InChI=1S/C9H14N2O/c1-12-6-7-2-4-8(5-3-7)9(10)11/h2,4-5,7H,3,6H2,1H3,(H3,10,11). The van der Waals surface area contributed by atoms with Crippen molar-refractivity contribution >= 4 is 5.84 Å². The van der Waals surface area contributed by atoms with Crippen LogP contribution < -0.4 is 5.73 Å². The smallest absolute Gasteiger partial charge is 0.122 e. The van der Waals surface area contributed by atoms with Gasteiger partial charge < -0.3 is 10.5 Å². The zero-order chi connectivity index (χ0) is 8.97. The van der Waals surface area contributed by atoms with Crippen LogP contribution in [0.5, 0.6) is 0 Å². The lowest BCUT2D eigenvalue weighted by Gasteiger charge is -2.14. The summed E-state index contributed by atoms with van der Waals surface area (Å²) in [5.74, 6) is 0.584. The first kappa shape index (κ1) is 9.00. The Bertz CT molecular complexity index is 231. The van der Waals surface area contributed by atoms with Gasteiger partial charge in [0, 0.05) is 18.6 Å². The fraction of sp³-hybridized carbons (Fsp3) is 0.444. The topological polar surface area (TPSA) is 59.1 Å². The van der Waals surface area contributed by atoms with Gasteiger partial charge in [0.15, 0.2) is 0 Å². The van der Waals surface area contributed by atoms with Crippen molar-refractivity contribution in [2.24, 2.45) is 11.7 Å². The van der Waals surface area contributed by atoms with Crippen molar-refractivity contribution in [1.82, 2.24) is 0 Å². The predicted molar refractivity (Wildman–Crippen MR) is 49.1 cm³/mol. The SMILES string of the molecule is COCC1C=CC(C(=N)N)=CC1. The number of methoxy groups -OCH3 is 1. The maximum absolute atomic E-state index is 7.18. The summed E-state index contributed by atoms with van der Waals surface area (Å²) in [5, 5.41) is 7.18. The fourth-order valence-corrected chi connectivity index (χ4v) is 1.20. The molecule has 0 fully saturated rings. The Balaban J connectivity index is 2.49. The molecule has 0 amide bonds. The van der Waals surface area contributed by atoms with E-state index < -0.39 is 0 Å². The van der Waals surface area contributed by atoms with Crippen LogP contribution in [-0.2, 0) is 4.74 Å². The molecule has 0 aromatic rings. The molecular weight excluding hydrogens is 152 g/mol. The minimum absolute atomic E-state index is 0.141. The summed E-state index contributed by atoms with van der Waals surface area (Å²) in [6.07, 6.45) is 6.82. The lowest BCUT2D eigenvalue weighted by molar-refractivity contribution is 0.170. The number of rotatable bonds is 3. The quantitative estimate of drug-likeness (QED) is 0.486. The average molecular weight is 166 g/mol. The van der Waals surface area contributed by atoms with Gasteiger partial charge in [-0.25, -0.2) is 0 Å². The van der Waals surface area contributed by atoms with Crippen molar-refractivity contribution in [2.75, 3.05) is 13.7 Å². The average Bonchev–Trinajstić information content (AvgIpc) is 2.06. The third-order valence-corrected chi connectivity index (χ3v) is 1.88. The van der Waals surface area contributed by atoms with Crippen LogP contribution in [0.25, 0.3) is 0 Å². The minimum Gasteiger partial charge on any atom is -0.384 e. The minimum atomic E-state index is 0.141. The molecule has 1 rings (SSSR count). The highest BCUT2D eigenvalue weighted by molar-refractivity contribution is 5.97. The molecule has 1 atom stereocenters. The van der Waals surface area contributed by atoms with Crippen molar-refractivity contribution < 1.29 is 4.74 Å². The Hall–Kier alpha value is -1.09. The summed E-state index contributed by atoms with van der Waals surface area (Å²) < 4.78 is 5.01. The van der Waals surface area contributed by atoms with E-state index in [4.69, 9.17) is 15.9 Å². The van der Waals surface area contributed by atoms with Crippen LogP contribution in [0.3, 0.4) is 0 Å². The molecule has 0 spiro atoms. The molecule has 1 aliphatic carbocycles. The van der Waals surface area contributed by atoms with E-state index >= 15 is 0 Å². The second kappa shape index (κ2) is 4.07. The van der Waals surface area contributed by atoms with Gasteiger partial charge >= 0.3 is 0 Å². The lowest BCUT2D eigenvalue weighted by atomic mass is 9.97. The van der Waals surface area contributed by atoms with Crippen LogP contribution >= 0.6 is 0 Å². The molecule has 66 valence electrons. The van der Waals surface area contributed by atoms with Gasteiger partial charge in [0.1, 0.15) is 5.84 Å². The zero-order valence-corrected chi connectivity index (χ0v) is 7.21. The van der Waals surface area contributed by atoms with E-state index in [1.54, 1.807) is 7.11 Å². The van der Waals surface area contributed by atoms with Crippen molar-refractivity contribution in [2.45, 2.75) is 6.42 Å². The lowest BCUT2D eigenvalue weighted by Crippen LogP contribution is -2.15. The Morgan fingerprint density at radius 3 is 3.00 bits per heavy atom. The van der Waals surface area contributed by atoms with Crippen LogP contribution in [0.1, 0.15) is 6.42 Å². The van der Waals surface area contributed by atoms with E-state index in [9.17, 15) is 0 Å². The van der Waals surface area contributed by atoms with E-state index in [2.05, 4.69) is 0 Å². The van der Waals surface area contributed by atoms with Gasteiger partial charge in [0.05, 0.1) is 6.61 Å². The molecule has 1 aliphatic rings.